The van der Waals surface area contributed by atoms with Crippen molar-refractivity contribution in [3.05, 3.63) is 33.1 Å². The largest absolute Gasteiger partial charge is 0.483 e. The quantitative estimate of drug-likeness (QED) is 0.0676. The number of aromatic nitrogens is 2. The van der Waals surface area contributed by atoms with Crippen LogP contribution < -0.4 is 11.2 Å². The SMILES string of the molecule is C#CCOC[C@H]1O[C@H](OP(=O)(O)OP(=O)(O)OCC2OC(n3ccc(=O)[nH]c3=O)C(O)C2O)[C@H](O)[C@@H](O)[C@H]1O. The van der Waals surface area contributed by atoms with Gasteiger partial charge in [-0.1, -0.05) is 5.92 Å². The molecule has 19 nitrogen and oxygen atoms in total. The molecule has 2 fully saturated rings. The Morgan fingerprint density at radius 2 is 1.59 bits per heavy atom. The summed E-state index contributed by atoms with van der Waals surface area (Å²) in [7, 11) is -11.1. The highest BCUT2D eigenvalue weighted by Gasteiger charge is 2.49. The van der Waals surface area contributed by atoms with E-state index in [9.17, 15) is 54.0 Å². The first-order valence-corrected chi connectivity index (χ1v) is 13.9. The Hall–Kier alpha value is -1.82. The summed E-state index contributed by atoms with van der Waals surface area (Å²) < 4.78 is 53.8. The molecule has 0 aliphatic carbocycles. The topological polar surface area (TPSA) is 286 Å². The number of aromatic amines is 1. The number of terminal acetylenes is 1. The van der Waals surface area contributed by atoms with Crippen LogP contribution in [0.25, 0.3) is 0 Å². The van der Waals surface area contributed by atoms with Crippen molar-refractivity contribution in [3.8, 4) is 12.3 Å². The zero-order chi connectivity index (χ0) is 29.1. The molecule has 0 saturated carbocycles. The lowest BCUT2D eigenvalue weighted by Gasteiger charge is -2.40. The molecule has 2 aliphatic rings. The Kier molecular flexibility index (Phi) is 10.4. The second-order valence-electron chi connectivity index (χ2n) is 8.22. The second-order valence-corrected chi connectivity index (χ2v) is 11.2. The molecule has 21 heteroatoms. The fourth-order valence-corrected chi connectivity index (χ4v) is 5.73. The first-order chi connectivity index (χ1) is 18.2. The zero-order valence-corrected chi connectivity index (χ0v) is 21.4. The molecule has 1 aromatic heterocycles. The maximum absolute atomic E-state index is 12.3. The Balaban J connectivity index is 1.60. The number of H-pyrrole nitrogens is 1. The molecule has 0 amide bonds. The molecule has 39 heavy (non-hydrogen) atoms. The van der Waals surface area contributed by atoms with E-state index < -0.39 is 95.4 Å². The van der Waals surface area contributed by atoms with Crippen LogP contribution in [-0.2, 0) is 36.7 Å². The van der Waals surface area contributed by atoms with Crippen molar-refractivity contribution < 1.29 is 72.0 Å². The summed E-state index contributed by atoms with van der Waals surface area (Å²) in [5.74, 6) is 2.12. The summed E-state index contributed by atoms with van der Waals surface area (Å²) >= 11 is 0. The molecule has 3 rings (SSSR count). The van der Waals surface area contributed by atoms with Gasteiger partial charge in [-0.15, -0.1) is 6.42 Å². The maximum atomic E-state index is 12.3. The van der Waals surface area contributed by atoms with E-state index in [0.717, 1.165) is 16.8 Å². The highest BCUT2D eigenvalue weighted by molar-refractivity contribution is 7.61. The van der Waals surface area contributed by atoms with Crippen molar-refractivity contribution in [2.24, 2.45) is 0 Å². The fraction of sp³-hybridized carbons (Fsp3) is 0.667. The van der Waals surface area contributed by atoms with Crippen LogP contribution >= 0.6 is 15.6 Å². The third kappa shape index (κ3) is 7.89. The number of nitrogens with zero attached hydrogens (tertiary/aromatic N) is 1. The summed E-state index contributed by atoms with van der Waals surface area (Å²) in [6.07, 6.45) is -10.1. The van der Waals surface area contributed by atoms with Gasteiger partial charge in [-0.3, -0.25) is 23.4 Å². The normalized spacial score (nSPS) is 36.1. The molecule has 0 radical (unpaired) electrons. The lowest BCUT2D eigenvalue weighted by Crippen LogP contribution is -2.59. The minimum absolute atomic E-state index is 0.220. The van der Waals surface area contributed by atoms with Gasteiger partial charge < -0.3 is 49.5 Å². The molecule has 8 N–H and O–H groups in total. The van der Waals surface area contributed by atoms with Gasteiger partial charge in [0, 0.05) is 12.3 Å². The van der Waals surface area contributed by atoms with Crippen LogP contribution in [0.15, 0.2) is 21.9 Å². The molecular weight excluding hydrogens is 578 g/mol. The molecule has 0 spiro atoms. The average Bonchev–Trinajstić information content (AvgIpc) is 3.12. The Bertz CT molecular complexity index is 1250. The first kappa shape index (κ1) is 31.7. The number of aliphatic hydroxyl groups is 5. The number of phosphoric acid groups is 2. The van der Waals surface area contributed by atoms with E-state index >= 15 is 0 Å². The van der Waals surface area contributed by atoms with Crippen LogP contribution in [0.5, 0.6) is 0 Å². The van der Waals surface area contributed by atoms with E-state index in [1.807, 2.05) is 4.98 Å². The summed E-state index contributed by atoms with van der Waals surface area (Å²) in [6, 6.07) is 0.932. The van der Waals surface area contributed by atoms with E-state index in [4.69, 9.17) is 20.6 Å². The van der Waals surface area contributed by atoms with E-state index in [2.05, 4.69) is 19.3 Å². The molecule has 220 valence electrons. The zero-order valence-electron chi connectivity index (χ0n) is 19.6. The fourth-order valence-electron chi connectivity index (χ4n) is 3.57. The van der Waals surface area contributed by atoms with E-state index in [1.54, 1.807) is 0 Å². The lowest BCUT2D eigenvalue weighted by molar-refractivity contribution is -0.282. The van der Waals surface area contributed by atoms with Gasteiger partial charge >= 0.3 is 21.3 Å². The van der Waals surface area contributed by atoms with Gasteiger partial charge in [0.25, 0.3) is 5.56 Å². The van der Waals surface area contributed by atoms with E-state index in [-0.39, 0.29) is 6.61 Å². The molecule has 2 saturated heterocycles. The van der Waals surface area contributed by atoms with Crippen molar-refractivity contribution in [3.63, 3.8) is 0 Å². The molecule has 3 heterocycles. The molecular formula is C18H26N2O17P2. The minimum atomic E-state index is -5.61. The number of rotatable bonds is 11. The summed E-state index contributed by atoms with van der Waals surface area (Å²) in [5, 5.41) is 50.3. The Morgan fingerprint density at radius 1 is 0.949 bits per heavy atom. The highest BCUT2D eigenvalue weighted by Crippen LogP contribution is 2.61. The monoisotopic (exact) mass is 604 g/mol. The Morgan fingerprint density at radius 3 is 2.23 bits per heavy atom. The van der Waals surface area contributed by atoms with Crippen LogP contribution in [0.4, 0.5) is 0 Å². The number of ether oxygens (including phenoxy) is 3. The number of hydrogen-bond donors (Lipinski definition) is 8. The van der Waals surface area contributed by atoms with Crippen molar-refractivity contribution in [2.75, 3.05) is 19.8 Å². The molecule has 0 bridgehead atoms. The van der Waals surface area contributed by atoms with Gasteiger partial charge in [0.2, 0.25) is 0 Å². The van der Waals surface area contributed by atoms with Crippen molar-refractivity contribution >= 4 is 15.6 Å². The van der Waals surface area contributed by atoms with Gasteiger partial charge in [0.1, 0.15) is 49.3 Å². The van der Waals surface area contributed by atoms with Crippen molar-refractivity contribution in [1.82, 2.24) is 9.55 Å². The molecule has 0 aromatic carbocycles. The summed E-state index contributed by atoms with van der Waals surface area (Å²) in [6.45, 7) is -1.68. The summed E-state index contributed by atoms with van der Waals surface area (Å²) in [5.41, 5.74) is -1.74. The highest BCUT2D eigenvalue weighted by atomic mass is 31.3. The molecule has 11 atom stereocenters. The molecule has 6 unspecified atom stereocenters. The number of nitrogens with one attached hydrogen (secondary N) is 1. The van der Waals surface area contributed by atoms with Crippen molar-refractivity contribution in [1.29, 1.82) is 0 Å². The van der Waals surface area contributed by atoms with Crippen LogP contribution in [0.1, 0.15) is 6.23 Å². The van der Waals surface area contributed by atoms with Crippen LogP contribution in [-0.4, -0.2) is 114 Å². The predicted octanol–water partition coefficient (Wildman–Crippen LogP) is -4.14. The maximum Gasteiger partial charge on any atom is 0.483 e. The second kappa shape index (κ2) is 12.8. The number of phosphoric ester groups is 2. The predicted molar refractivity (Wildman–Crippen MR) is 121 cm³/mol. The minimum Gasteiger partial charge on any atom is -0.387 e. The van der Waals surface area contributed by atoms with Gasteiger partial charge in [0.05, 0.1) is 13.2 Å². The van der Waals surface area contributed by atoms with Gasteiger partial charge in [-0.25, -0.2) is 13.9 Å². The van der Waals surface area contributed by atoms with Crippen molar-refractivity contribution in [2.45, 2.75) is 55.2 Å². The average molecular weight is 604 g/mol. The van der Waals surface area contributed by atoms with Crippen LogP contribution in [0.2, 0.25) is 0 Å². The Labute approximate surface area is 218 Å². The number of aliphatic hydroxyl groups excluding tert-OH is 5. The standard InChI is InChI=1S/C18H26N2O17P2/c1-2-5-32-6-8-11(22)13(24)15(26)17(35-8)36-39(30,31)37-38(28,29)33-7-9-12(23)14(25)16(34-9)20-4-3-10(21)19-18(20)27/h1,3-4,8-9,11-17,22-26H,5-7H2,(H,28,29)(H,30,31)(H,19,21,27)/t8-,9?,11+,12?,13+,14?,15-,16?,17-/m1/s1. The van der Waals surface area contributed by atoms with Crippen LogP contribution in [0.3, 0.4) is 0 Å². The van der Waals surface area contributed by atoms with Crippen LogP contribution in [0, 0.1) is 12.3 Å². The molecule has 1 aromatic rings. The van der Waals surface area contributed by atoms with E-state index in [0.29, 0.717) is 0 Å². The van der Waals surface area contributed by atoms with E-state index in [1.165, 1.54) is 0 Å². The van der Waals surface area contributed by atoms with Gasteiger partial charge in [0.15, 0.2) is 12.5 Å². The molecule has 2 aliphatic heterocycles. The number of hydrogen-bond acceptors (Lipinski definition) is 15. The van der Waals surface area contributed by atoms with Gasteiger partial charge in [-0.05, 0) is 0 Å². The lowest BCUT2D eigenvalue weighted by atomic mass is 9.99. The first-order valence-electron chi connectivity index (χ1n) is 10.9. The summed E-state index contributed by atoms with van der Waals surface area (Å²) in [4.78, 5) is 44.8. The smallest absolute Gasteiger partial charge is 0.387 e. The van der Waals surface area contributed by atoms with Gasteiger partial charge in [-0.2, -0.15) is 4.31 Å². The third-order valence-electron chi connectivity index (χ3n) is 5.44. The third-order valence-corrected chi connectivity index (χ3v) is 8.04.